The maximum atomic E-state index is 12.1. The number of benzene rings is 1. The first-order valence-electron chi connectivity index (χ1n) is 6.94. The molecule has 8 nitrogen and oxygen atoms in total. The molecule has 0 bridgehead atoms. The van der Waals surface area contributed by atoms with Gasteiger partial charge in [-0.2, -0.15) is 0 Å². The quantitative estimate of drug-likeness (QED) is 0.296. The molecule has 0 spiro atoms. The first-order valence-corrected chi connectivity index (χ1v) is 8.02. The van der Waals surface area contributed by atoms with E-state index in [9.17, 15) is 9.59 Å². The summed E-state index contributed by atoms with van der Waals surface area (Å²) in [5.74, 6) is -1.59. The summed E-state index contributed by atoms with van der Waals surface area (Å²) in [7, 11) is 3.04. The Bertz CT molecular complexity index is 534. The Morgan fingerprint density at radius 2 is 1.58 bits per heavy atom. The lowest BCUT2D eigenvalue weighted by molar-refractivity contribution is -0.135. The van der Waals surface area contributed by atoms with Crippen molar-refractivity contribution >= 4 is 34.5 Å². The zero-order chi connectivity index (χ0) is 17.9. The number of nitrogens with one attached hydrogen (secondary N) is 1. The number of carbonyl (C=O) groups is 2. The number of carboxylic acid groups (broad SMARTS) is 1. The Morgan fingerprint density at radius 3 is 2.00 bits per heavy atom. The van der Waals surface area contributed by atoms with Gasteiger partial charge < -0.3 is 29.4 Å². The first kappa shape index (κ1) is 20.8. The number of hydrogen-bond donors (Lipinski definition) is 2. The van der Waals surface area contributed by atoms with Crippen molar-refractivity contribution in [3.8, 4) is 0 Å². The third-order valence-electron chi connectivity index (χ3n) is 2.80. The second-order valence-corrected chi connectivity index (χ2v) is 5.77. The molecule has 0 unspecified atom stereocenters. The topological polar surface area (TPSA) is 103 Å². The van der Waals surface area contributed by atoms with Gasteiger partial charge in [0.05, 0.1) is 13.2 Å². The van der Waals surface area contributed by atoms with Crippen LogP contribution in [0.1, 0.15) is 21.5 Å². The second-order valence-electron chi connectivity index (χ2n) is 4.69. The maximum absolute atomic E-state index is 12.1. The molecule has 1 rings (SSSR count). The molecule has 0 radical (unpaired) electrons. The van der Waals surface area contributed by atoms with Gasteiger partial charge in [0, 0.05) is 23.4 Å². The van der Waals surface area contributed by atoms with Crippen LogP contribution in [0, 0.1) is 3.57 Å². The molecule has 0 atom stereocenters. The number of methoxy groups -OCH3 is 2. The molecule has 0 heterocycles. The fourth-order valence-electron chi connectivity index (χ4n) is 1.82. The minimum Gasteiger partial charge on any atom is -0.480 e. The van der Waals surface area contributed by atoms with Crippen LogP contribution in [0.5, 0.6) is 0 Å². The SMILES string of the molecule is COCOCc1cc(C(=O)NCC(=O)O)cc(COCOC)c1I. The van der Waals surface area contributed by atoms with E-state index in [2.05, 4.69) is 27.9 Å². The third-order valence-corrected chi connectivity index (χ3v) is 4.19. The van der Waals surface area contributed by atoms with Gasteiger partial charge in [0.2, 0.25) is 0 Å². The number of carbonyl (C=O) groups excluding carboxylic acids is 1. The van der Waals surface area contributed by atoms with Crippen LogP contribution < -0.4 is 5.32 Å². The summed E-state index contributed by atoms with van der Waals surface area (Å²) in [6.07, 6.45) is 0. The van der Waals surface area contributed by atoms with Gasteiger partial charge in [0.25, 0.3) is 5.91 Å². The van der Waals surface area contributed by atoms with Gasteiger partial charge in [-0.05, 0) is 45.9 Å². The number of ether oxygens (including phenoxy) is 4. The number of halogens is 1. The smallest absolute Gasteiger partial charge is 0.322 e. The molecular formula is C15H20INO7. The average molecular weight is 453 g/mol. The highest BCUT2D eigenvalue weighted by Crippen LogP contribution is 2.22. The van der Waals surface area contributed by atoms with E-state index < -0.39 is 18.4 Å². The van der Waals surface area contributed by atoms with Crippen molar-refractivity contribution in [2.75, 3.05) is 34.4 Å². The summed E-state index contributed by atoms with van der Waals surface area (Å²) in [4.78, 5) is 22.7. The van der Waals surface area contributed by atoms with Crippen molar-refractivity contribution in [1.82, 2.24) is 5.32 Å². The standard InChI is InChI=1S/C15H20INO7/c1-21-8-23-6-11-3-10(15(20)17-5-13(18)19)4-12(14(11)16)7-24-9-22-2/h3-4H,5-9H2,1-2H3,(H,17,20)(H,18,19). The van der Waals surface area contributed by atoms with E-state index in [-0.39, 0.29) is 26.8 Å². The summed E-state index contributed by atoms with van der Waals surface area (Å²) in [6, 6.07) is 3.32. The largest absolute Gasteiger partial charge is 0.480 e. The summed E-state index contributed by atoms with van der Waals surface area (Å²) in [5.41, 5.74) is 1.90. The van der Waals surface area contributed by atoms with Gasteiger partial charge >= 0.3 is 5.97 Å². The molecule has 1 aromatic rings. The van der Waals surface area contributed by atoms with Crippen molar-refractivity contribution in [3.63, 3.8) is 0 Å². The molecule has 24 heavy (non-hydrogen) atoms. The van der Waals surface area contributed by atoms with Crippen molar-refractivity contribution < 1.29 is 33.6 Å². The van der Waals surface area contributed by atoms with Gasteiger partial charge in [-0.3, -0.25) is 9.59 Å². The highest BCUT2D eigenvalue weighted by Gasteiger charge is 2.14. The normalized spacial score (nSPS) is 10.6. The summed E-state index contributed by atoms with van der Waals surface area (Å²) in [6.45, 7) is 0.310. The van der Waals surface area contributed by atoms with E-state index in [1.165, 1.54) is 14.2 Å². The molecule has 0 fully saturated rings. The molecule has 9 heteroatoms. The third kappa shape index (κ3) is 7.09. The van der Waals surface area contributed by atoms with Gasteiger partial charge in [-0.25, -0.2) is 0 Å². The van der Waals surface area contributed by atoms with Crippen molar-refractivity contribution in [3.05, 3.63) is 32.4 Å². The number of aliphatic carboxylic acids is 1. The predicted molar refractivity (Wildman–Crippen MR) is 92.5 cm³/mol. The fourth-order valence-corrected chi connectivity index (χ4v) is 2.44. The molecule has 2 N–H and O–H groups in total. The molecule has 1 aromatic carbocycles. The van der Waals surface area contributed by atoms with E-state index in [4.69, 9.17) is 24.1 Å². The van der Waals surface area contributed by atoms with Gasteiger partial charge in [0.1, 0.15) is 20.1 Å². The van der Waals surface area contributed by atoms with Crippen LogP contribution in [0.3, 0.4) is 0 Å². The van der Waals surface area contributed by atoms with E-state index >= 15 is 0 Å². The zero-order valence-corrected chi connectivity index (χ0v) is 15.6. The highest BCUT2D eigenvalue weighted by molar-refractivity contribution is 14.1. The van der Waals surface area contributed by atoms with Gasteiger partial charge in [-0.15, -0.1) is 0 Å². The molecular weight excluding hydrogens is 433 g/mol. The van der Waals surface area contributed by atoms with Gasteiger partial charge in [-0.1, -0.05) is 0 Å². The number of rotatable bonds is 11. The second kappa shape index (κ2) is 11.3. The molecule has 0 saturated carbocycles. The Kier molecular flexibility index (Phi) is 9.79. The summed E-state index contributed by atoms with van der Waals surface area (Å²) < 4.78 is 21.3. The van der Waals surface area contributed by atoms with Crippen molar-refractivity contribution in [2.45, 2.75) is 13.2 Å². The average Bonchev–Trinajstić information content (AvgIpc) is 2.55. The Morgan fingerprint density at radius 1 is 1.08 bits per heavy atom. The van der Waals surface area contributed by atoms with Crippen molar-refractivity contribution in [2.24, 2.45) is 0 Å². The molecule has 1 amide bonds. The lowest BCUT2D eigenvalue weighted by atomic mass is 10.1. The van der Waals surface area contributed by atoms with E-state index in [1.807, 2.05) is 0 Å². The minimum absolute atomic E-state index is 0.126. The number of hydrogen-bond acceptors (Lipinski definition) is 6. The van der Waals surface area contributed by atoms with Crippen molar-refractivity contribution in [1.29, 1.82) is 0 Å². The van der Waals surface area contributed by atoms with Crippen LogP contribution in [0.25, 0.3) is 0 Å². The van der Waals surface area contributed by atoms with Gasteiger partial charge in [0.15, 0.2) is 0 Å². The number of carboxylic acids is 1. The molecule has 134 valence electrons. The highest BCUT2D eigenvalue weighted by atomic mass is 127. The van der Waals surface area contributed by atoms with Crippen LogP contribution in [0.15, 0.2) is 12.1 Å². The van der Waals surface area contributed by atoms with Crippen LogP contribution in [0.2, 0.25) is 0 Å². The molecule has 0 aliphatic rings. The fraction of sp³-hybridized carbons (Fsp3) is 0.467. The summed E-state index contributed by atoms with van der Waals surface area (Å²) >= 11 is 2.15. The molecule has 0 aliphatic carbocycles. The molecule has 0 aromatic heterocycles. The van der Waals surface area contributed by atoms with Crippen LogP contribution in [-0.2, 0) is 37.0 Å². The summed E-state index contributed by atoms with van der Waals surface area (Å²) in [5, 5.41) is 11.0. The van der Waals surface area contributed by atoms with Crippen LogP contribution in [0.4, 0.5) is 0 Å². The van der Waals surface area contributed by atoms with Crippen LogP contribution >= 0.6 is 22.6 Å². The first-order chi connectivity index (χ1) is 11.5. The predicted octanol–water partition coefficient (Wildman–Crippen LogP) is 1.35. The minimum atomic E-state index is -1.11. The monoisotopic (exact) mass is 453 g/mol. The Balaban J connectivity index is 2.98. The molecule has 0 saturated heterocycles. The van der Waals surface area contributed by atoms with E-state index in [0.717, 1.165) is 14.7 Å². The number of amides is 1. The van der Waals surface area contributed by atoms with Crippen LogP contribution in [-0.4, -0.2) is 51.3 Å². The zero-order valence-electron chi connectivity index (χ0n) is 13.5. The molecule has 0 aliphatic heterocycles. The lowest BCUT2D eigenvalue weighted by Crippen LogP contribution is -2.29. The Labute approximate surface area is 153 Å². The lowest BCUT2D eigenvalue weighted by Gasteiger charge is -2.14. The Hall–Kier alpha value is -1.27. The maximum Gasteiger partial charge on any atom is 0.322 e. The van der Waals surface area contributed by atoms with E-state index in [1.54, 1.807) is 12.1 Å². The van der Waals surface area contributed by atoms with E-state index in [0.29, 0.717) is 5.56 Å².